The van der Waals surface area contributed by atoms with Gasteiger partial charge in [-0.05, 0) is 68.1 Å². The third-order valence-electron chi connectivity index (χ3n) is 17.1. The summed E-state index contributed by atoms with van der Waals surface area (Å²) in [5, 5.41) is 97.1. The van der Waals surface area contributed by atoms with Crippen LogP contribution in [0, 0.1) is 46.3 Å². The first-order valence-corrected chi connectivity index (χ1v) is 22.4. The fourth-order valence-electron chi connectivity index (χ4n) is 13.6. The van der Waals surface area contributed by atoms with Crippen molar-refractivity contribution in [1.29, 1.82) is 0 Å². The molecule has 9 rings (SSSR count). The van der Waals surface area contributed by atoms with E-state index < -0.39 is 109 Å². The number of fused-ring (bicyclic) bond motifs is 7. The zero-order valence-corrected chi connectivity index (χ0v) is 35.2. The molecule has 26 atom stereocenters. The minimum absolute atomic E-state index is 0.0143. The molecule has 0 bridgehead atoms. The van der Waals surface area contributed by atoms with Crippen molar-refractivity contribution < 1.29 is 83.9 Å². The molecule has 17 heteroatoms. The van der Waals surface area contributed by atoms with Crippen molar-refractivity contribution >= 4 is 0 Å². The van der Waals surface area contributed by atoms with E-state index in [4.69, 9.17) is 37.9 Å². The fraction of sp³-hybridized carbons (Fsp3) is 0.953. The minimum atomic E-state index is -1.73. The van der Waals surface area contributed by atoms with Crippen molar-refractivity contribution in [3.63, 3.8) is 0 Å². The first-order valence-electron chi connectivity index (χ1n) is 22.4. The summed E-state index contributed by atoms with van der Waals surface area (Å²) >= 11 is 0. The van der Waals surface area contributed by atoms with Crippen molar-refractivity contribution in [1.82, 2.24) is 0 Å². The van der Waals surface area contributed by atoms with Crippen LogP contribution < -0.4 is 0 Å². The first-order chi connectivity index (χ1) is 28.4. The molecule has 9 aliphatic rings. The van der Waals surface area contributed by atoms with Crippen molar-refractivity contribution in [2.24, 2.45) is 46.3 Å². The molecule has 0 aromatic carbocycles. The second-order valence-electron chi connectivity index (χ2n) is 20.4. The summed E-state index contributed by atoms with van der Waals surface area (Å²) in [7, 11) is 0. The SMILES string of the molecule is C[C@@H]1CO[C@]2(C[C@@H]1O)O[C@H]1C[C@H]3[C@@H]4CC=C5C[C@@H](O)C[C@@H](O[C@@H]6OC[C@H](O)[C@H](O[C@@H]7OC[C@@H](O)[C@H](O)[C@H]7O)[C@H]6O[C@@H]6O[C@@H](C)[C@H](O)[C@@H](O)[C@H]6O)[C@]5(C)[C@H]4CC[C@]3(C)[C@H]1[C@@H]2C. The molecule has 8 fully saturated rings. The Morgan fingerprint density at radius 1 is 0.700 bits per heavy atom. The molecular weight excluding hydrogens is 788 g/mol. The van der Waals surface area contributed by atoms with Crippen LogP contribution in [0.25, 0.3) is 0 Å². The van der Waals surface area contributed by atoms with E-state index in [1.807, 2.05) is 6.92 Å². The fourth-order valence-corrected chi connectivity index (χ4v) is 13.6. The number of ether oxygens (including phenoxy) is 8. The highest BCUT2D eigenvalue weighted by atomic mass is 16.8. The molecule has 1 spiro atoms. The Bertz CT molecular complexity index is 1590. The lowest BCUT2D eigenvalue weighted by molar-refractivity contribution is -0.382. The van der Waals surface area contributed by atoms with Crippen LogP contribution >= 0.6 is 0 Å². The molecule has 60 heavy (non-hydrogen) atoms. The van der Waals surface area contributed by atoms with Gasteiger partial charge >= 0.3 is 0 Å². The predicted octanol–water partition coefficient (Wildman–Crippen LogP) is -0.566. The summed E-state index contributed by atoms with van der Waals surface area (Å²) in [5.41, 5.74) is 0.539. The van der Waals surface area contributed by atoms with E-state index in [2.05, 4.69) is 26.8 Å². The van der Waals surface area contributed by atoms with E-state index >= 15 is 0 Å². The lowest BCUT2D eigenvalue weighted by atomic mass is 9.46. The summed E-state index contributed by atoms with van der Waals surface area (Å²) in [6.45, 7) is 10.2. The van der Waals surface area contributed by atoms with E-state index in [9.17, 15) is 46.0 Å². The average Bonchev–Trinajstić information content (AvgIpc) is 3.65. The van der Waals surface area contributed by atoms with Gasteiger partial charge in [0.05, 0.1) is 50.3 Å². The van der Waals surface area contributed by atoms with Crippen LogP contribution in [0.4, 0.5) is 0 Å². The molecule has 342 valence electrons. The summed E-state index contributed by atoms with van der Waals surface area (Å²) < 4.78 is 50.4. The smallest absolute Gasteiger partial charge is 0.187 e. The largest absolute Gasteiger partial charge is 0.393 e. The maximum atomic E-state index is 11.4. The Morgan fingerprint density at radius 2 is 1.40 bits per heavy atom. The van der Waals surface area contributed by atoms with Crippen LogP contribution in [0.5, 0.6) is 0 Å². The van der Waals surface area contributed by atoms with Gasteiger partial charge in [0.2, 0.25) is 0 Å². The normalized spacial score (nSPS) is 59.2. The van der Waals surface area contributed by atoms with Gasteiger partial charge in [-0.2, -0.15) is 0 Å². The molecule has 4 aliphatic carbocycles. The molecule has 5 saturated heterocycles. The molecule has 0 aromatic rings. The zero-order chi connectivity index (χ0) is 42.8. The van der Waals surface area contributed by atoms with Gasteiger partial charge in [-0.1, -0.05) is 39.3 Å². The number of hydrogen-bond donors (Lipinski definition) is 9. The molecule has 9 N–H and O–H groups in total. The summed E-state index contributed by atoms with van der Waals surface area (Å²) in [5.74, 6) is 0.476. The van der Waals surface area contributed by atoms with Crippen LogP contribution in [0.3, 0.4) is 0 Å². The number of aliphatic hydroxyl groups excluding tert-OH is 9. The van der Waals surface area contributed by atoms with Crippen LogP contribution in [-0.2, 0) is 37.9 Å². The van der Waals surface area contributed by atoms with Crippen LogP contribution in [-0.4, -0.2) is 176 Å². The lowest BCUT2D eigenvalue weighted by Gasteiger charge is -2.60. The van der Waals surface area contributed by atoms with Gasteiger partial charge in [0.15, 0.2) is 24.7 Å². The quantitative estimate of drug-likeness (QED) is 0.152. The second kappa shape index (κ2) is 16.2. The van der Waals surface area contributed by atoms with Gasteiger partial charge in [0.25, 0.3) is 0 Å². The third kappa shape index (κ3) is 7.00. The van der Waals surface area contributed by atoms with Crippen molar-refractivity contribution in [3.05, 3.63) is 11.6 Å². The molecular formula is C43H68O17. The number of hydrogen-bond acceptors (Lipinski definition) is 17. The summed E-state index contributed by atoms with van der Waals surface area (Å²) in [6.07, 6.45) is -13.6. The van der Waals surface area contributed by atoms with Crippen LogP contribution in [0.15, 0.2) is 11.6 Å². The summed E-state index contributed by atoms with van der Waals surface area (Å²) in [6, 6.07) is 0. The van der Waals surface area contributed by atoms with Gasteiger partial charge in [-0.25, -0.2) is 0 Å². The molecule has 5 heterocycles. The van der Waals surface area contributed by atoms with E-state index in [1.165, 1.54) is 6.92 Å². The molecule has 0 radical (unpaired) electrons. The van der Waals surface area contributed by atoms with Gasteiger partial charge < -0.3 is 83.9 Å². The van der Waals surface area contributed by atoms with Gasteiger partial charge in [0.1, 0.15) is 54.9 Å². The minimum Gasteiger partial charge on any atom is -0.393 e. The van der Waals surface area contributed by atoms with E-state index in [1.54, 1.807) is 0 Å². The number of aliphatic hydroxyl groups is 9. The van der Waals surface area contributed by atoms with Crippen LogP contribution in [0.1, 0.15) is 79.6 Å². The Labute approximate surface area is 350 Å². The van der Waals surface area contributed by atoms with Crippen molar-refractivity contribution in [2.45, 2.75) is 190 Å². The molecule has 0 unspecified atom stereocenters. The highest BCUT2D eigenvalue weighted by molar-refractivity contribution is 5.29. The second-order valence-corrected chi connectivity index (χ2v) is 20.4. The molecule has 0 amide bonds. The Hall–Kier alpha value is -0.940. The highest BCUT2D eigenvalue weighted by Crippen LogP contribution is 2.71. The standard InChI is InChI=1S/C43H68O17/c1-17-14-55-43(13-25(17)45)18(2)30-28(60-43)12-24-22-7-6-20-10-21(44)11-29(42(20,5)23(22)8-9-41(24,30)4)57-40-37(59-39-35(52)33(50)31(48)19(3)56-39)36(27(47)16-54-40)58-38-34(51)32(49)26(46)15-53-38/h6,17-19,21-40,44-52H,7-16H2,1-5H3/t17-,18+,19+,21-,22-,23+,24+,25+,26-,27+,28+,29-,30+,31+,32+,33-,34-,35-,36+,37-,38+,39+,40+,41+,42+,43-/m1/s1. The van der Waals surface area contributed by atoms with Gasteiger partial charge in [-0.15, -0.1) is 0 Å². The highest BCUT2D eigenvalue weighted by Gasteiger charge is 2.70. The van der Waals surface area contributed by atoms with Crippen molar-refractivity contribution in [3.8, 4) is 0 Å². The van der Waals surface area contributed by atoms with E-state index in [0.29, 0.717) is 31.3 Å². The average molecular weight is 857 g/mol. The van der Waals surface area contributed by atoms with E-state index in [0.717, 1.165) is 31.3 Å². The van der Waals surface area contributed by atoms with E-state index in [-0.39, 0.29) is 54.8 Å². The summed E-state index contributed by atoms with van der Waals surface area (Å²) in [4.78, 5) is 0. The van der Waals surface area contributed by atoms with Gasteiger partial charge in [0, 0.05) is 30.1 Å². The molecule has 0 aromatic heterocycles. The lowest BCUT2D eigenvalue weighted by Crippen LogP contribution is -2.65. The molecule has 17 nitrogen and oxygen atoms in total. The Kier molecular flexibility index (Phi) is 11.9. The Balaban J connectivity index is 0.991. The Morgan fingerprint density at radius 3 is 2.15 bits per heavy atom. The number of rotatable bonds is 6. The first kappa shape index (κ1) is 44.3. The maximum absolute atomic E-state index is 11.4. The monoisotopic (exact) mass is 856 g/mol. The molecule has 5 aliphatic heterocycles. The topological polar surface area (TPSA) is 256 Å². The predicted molar refractivity (Wildman–Crippen MR) is 205 cm³/mol. The molecule has 3 saturated carbocycles. The van der Waals surface area contributed by atoms with Gasteiger partial charge in [-0.3, -0.25) is 0 Å². The van der Waals surface area contributed by atoms with Crippen molar-refractivity contribution in [2.75, 3.05) is 19.8 Å². The third-order valence-corrected chi connectivity index (χ3v) is 17.1. The number of allylic oxidation sites excluding steroid dienone is 1. The van der Waals surface area contributed by atoms with Crippen LogP contribution in [0.2, 0.25) is 0 Å². The zero-order valence-electron chi connectivity index (χ0n) is 35.2. The maximum Gasteiger partial charge on any atom is 0.187 e.